The number of hydrogen-bond acceptors (Lipinski definition) is 4. The first-order chi connectivity index (χ1) is 7.75. The number of fused-ring (bicyclic) bond motifs is 1. The molecule has 2 heterocycles. The van der Waals surface area contributed by atoms with Gasteiger partial charge in [-0.2, -0.15) is 0 Å². The van der Waals surface area contributed by atoms with E-state index in [1.165, 1.54) is 0 Å². The maximum Gasteiger partial charge on any atom is 0.136 e. The Morgan fingerprint density at radius 1 is 1.12 bits per heavy atom. The molecule has 2 fully saturated rings. The van der Waals surface area contributed by atoms with E-state index in [1.54, 1.807) is 11.8 Å². The van der Waals surface area contributed by atoms with E-state index < -0.39 is 6.10 Å². The normalized spacial score (nSPS) is 41.5. The fourth-order valence-corrected chi connectivity index (χ4v) is 3.15. The van der Waals surface area contributed by atoms with Crippen molar-refractivity contribution in [2.75, 3.05) is 0 Å². The van der Waals surface area contributed by atoms with Gasteiger partial charge in [-0.15, -0.1) is 0 Å². The van der Waals surface area contributed by atoms with Crippen LogP contribution in [0.15, 0.2) is 35.2 Å². The number of hydrogen-bond donors (Lipinski definition) is 1. The van der Waals surface area contributed by atoms with E-state index in [-0.39, 0.29) is 23.7 Å². The van der Waals surface area contributed by atoms with Gasteiger partial charge in [-0.3, -0.25) is 0 Å². The highest BCUT2D eigenvalue weighted by Gasteiger charge is 2.55. The molecular formula is C12H14O3S. The summed E-state index contributed by atoms with van der Waals surface area (Å²) in [5.74, 6) is 0. The van der Waals surface area contributed by atoms with E-state index in [1.807, 2.05) is 37.3 Å². The van der Waals surface area contributed by atoms with Gasteiger partial charge in [0.25, 0.3) is 0 Å². The molecule has 0 amide bonds. The highest BCUT2D eigenvalue weighted by atomic mass is 32.2. The third-order valence-electron chi connectivity index (χ3n) is 2.98. The fourth-order valence-electron chi connectivity index (χ4n) is 2.04. The average Bonchev–Trinajstić information content (AvgIpc) is 3.07. The van der Waals surface area contributed by atoms with Gasteiger partial charge in [0.1, 0.15) is 23.7 Å². The number of aliphatic hydroxyl groups is 1. The van der Waals surface area contributed by atoms with E-state index in [0.717, 1.165) is 4.90 Å². The lowest BCUT2D eigenvalue weighted by Crippen LogP contribution is -2.42. The van der Waals surface area contributed by atoms with Crippen molar-refractivity contribution in [1.29, 1.82) is 0 Å². The molecule has 1 aromatic rings. The number of ether oxygens (including phenoxy) is 2. The minimum Gasteiger partial charge on any atom is -0.387 e. The van der Waals surface area contributed by atoms with E-state index in [9.17, 15) is 5.11 Å². The minimum atomic E-state index is -0.522. The lowest BCUT2D eigenvalue weighted by atomic mass is 10.1. The highest BCUT2D eigenvalue weighted by molar-refractivity contribution is 7.99. The van der Waals surface area contributed by atoms with Crippen LogP contribution in [0.2, 0.25) is 0 Å². The molecule has 16 heavy (non-hydrogen) atoms. The summed E-state index contributed by atoms with van der Waals surface area (Å²) >= 11 is 1.55. The third-order valence-corrected chi connectivity index (χ3v) is 4.15. The van der Waals surface area contributed by atoms with Crippen LogP contribution in [0.4, 0.5) is 0 Å². The molecule has 5 atom stereocenters. The minimum absolute atomic E-state index is 0.0232. The topological polar surface area (TPSA) is 42.0 Å². The van der Waals surface area contributed by atoms with Crippen LogP contribution in [0.25, 0.3) is 0 Å². The SMILES string of the molecule is C[C@@H]1O[C@H](Sc2ccccc2)[C@@H](O)[C@@H]2O[C@@H]21. The van der Waals surface area contributed by atoms with Gasteiger partial charge in [0.2, 0.25) is 0 Å². The lowest BCUT2D eigenvalue weighted by Gasteiger charge is -2.28. The highest BCUT2D eigenvalue weighted by Crippen LogP contribution is 2.42. The maximum absolute atomic E-state index is 9.99. The van der Waals surface area contributed by atoms with Crippen LogP contribution in [0, 0.1) is 0 Å². The van der Waals surface area contributed by atoms with Gasteiger partial charge in [-0.1, -0.05) is 30.0 Å². The Balaban J connectivity index is 1.70. The van der Waals surface area contributed by atoms with Crippen LogP contribution in [0.3, 0.4) is 0 Å². The second-order valence-corrected chi connectivity index (χ2v) is 5.37. The zero-order valence-corrected chi connectivity index (χ0v) is 9.76. The van der Waals surface area contributed by atoms with Crippen LogP contribution >= 0.6 is 11.8 Å². The van der Waals surface area contributed by atoms with E-state index in [2.05, 4.69) is 0 Å². The number of rotatable bonds is 2. The first kappa shape index (κ1) is 10.6. The zero-order valence-electron chi connectivity index (χ0n) is 8.95. The summed E-state index contributed by atoms with van der Waals surface area (Å²) in [6.45, 7) is 2.00. The summed E-state index contributed by atoms with van der Waals surface area (Å²) in [5.41, 5.74) is -0.221. The molecule has 0 aliphatic carbocycles. The quantitative estimate of drug-likeness (QED) is 0.796. The average molecular weight is 238 g/mol. The largest absolute Gasteiger partial charge is 0.387 e. The van der Waals surface area contributed by atoms with E-state index >= 15 is 0 Å². The predicted molar refractivity (Wildman–Crippen MR) is 61.3 cm³/mol. The van der Waals surface area contributed by atoms with Crippen molar-refractivity contribution in [2.24, 2.45) is 0 Å². The Bertz CT molecular complexity index is 370. The molecule has 1 aromatic carbocycles. The van der Waals surface area contributed by atoms with Crippen molar-refractivity contribution in [2.45, 2.75) is 41.7 Å². The summed E-state index contributed by atoms with van der Waals surface area (Å²) in [5, 5.41) is 9.99. The molecule has 3 nitrogen and oxygen atoms in total. The molecular weight excluding hydrogens is 224 g/mol. The van der Waals surface area contributed by atoms with Gasteiger partial charge in [0.15, 0.2) is 0 Å². The lowest BCUT2D eigenvalue weighted by molar-refractivity contribution is -0.0477. The Kier molecular flexibility index (Phi) is 2.67. The monoisotopic (exact) mass is 238 g/mol. The summed E-state index contributed by atoms with van der Waals surface area (Å²) in [6, 6.07) is 9.98. The molecule has 0 bridgehead atoms. The van der Waals surface area contributed by atoms with Crippen molar-refractivity contribution in [3.8, 4) is 0 Å². The maximum atomic E-state index is 9.99. The summed E-state index contributed by atoms with van der Waals surface area (Å²) in [4.78, 5) is 1.11. The van der Waals surface area contributed by atoms with Gasteiger partial charge in [-0.25, -0.2) is 0 Å². The molecule has 0 aromatic heterocycles. The first-order valence-electron chi connectivity index (χ1n) is 5.46. The molecule has 86 valence electrons. The summed E-state index contributed by atoms with van der Waals surface area (Å²) in [6.07, 6.45) is -0.367. The van der Waals surface area contributed by atoms with Gasteiger partial charge in [0.05, 0.1) is 6.10 Å². The van der Waals surface area contributed by atoms with Crippen LogP contribution in [0.1, 0.15) is 6.92 Å². The van der Waals surface area contributed by atoms with Gasteiger partial charge >= 0.3 is 0 Å². The molecule has 1 N–H and O–H groups in total. The van der Waals surface area contributed by atoms with Crippen molar-refractivity contribution in [3.05, 3.63) is 30.3 Å². The molecule has 2 aliphatic rings. The molecule has 4 heteroatoms. The van der Waals surface area contributed by atoms with Gasteiger partial charge < -0.3 is 14.6 Å². The van der Waals surface area contributed by atoms with Crippen LogP contribution in [-0.2, 0) is 9.47 Å². The Morgan fingerprint density at radius 3 is 2.62 bits per heavy atom. The van der Waals surface area contributed by atoms with Crippen LogP contribution < -0.4 is 0 Å². The summed E-state index contributed by atoms with van der Waals surface area (Å²) in [7, 11) is 0. The van der Waals surface area contributed by atoms with Crippen molar-refractivity contribution in [1.82, 2.24) is 0 Å². The standard InChI is InChI=1S/C12H14O3S/c1-7-10-11(15-10)9(13)12(14-7)16-8-5-3-2-4-6-8/h2-7,9-13H,1H3/t7-,9-,10+,11-,12+/m0/s1. The molecule has 0 saturated carbocycles. The Morgan fingerprint density at radius 2 is 1.88 bits per heavy atom. The number of thioether (sulfide) groups is 1. The second-order valence-electron chi connectivity index (χ2n) is 4.20. The van der Waals surface area contributed by atoms with Crippen LogP contribution in [0.5, 0.6) is 0 Å². The fraction of sp³-hybridized carbons (Fsp3) is 0.500. The number of benzene rings is 1. The molecule has 3 rings (SSSR count). The summed E-state index contributed by atoms with van der Waals surface area (Å²) < 4.78 is 11.1. The third kappa shape index (κ3) is 1.86. The first-order valence-corrected chi connectivity index (χ1v) is 6.34. The molecule has 0 unspecified atom stereocenters. The van der Waals surface area contributed by atoms with Gasteiger partial charge in [0, 0.05) is 4.90 Å². The van der Waals surface area contributed by atoms with E-state index in [4.69, 9.17) is 9.47 Å². The molecule has 2 aliphatic heterocycles. The second kappa shape index (κ2) is 4.04. The van der Waals surface area contributed by atoms with Crippen molar-refractivity contribution in [3.63, 3.8) is 0 Å². The zero-order chi connectivity index (χ0) is 11.1. The van der Waals surface area contributed by atoms with Gasteiger partial charge in [-0.05, 0) is 19.1 Å². The van der Waals surface area contributed by atoms with Crippen molar-refractivity contribution >= 4 is 11.8 Å². The Labute approximate surface area is 98.8 Å². The smallest absolute Gasteiger partial charge is 0.136 e. The van der Waals surface area contributed by atoms with Crippen molar-refractivity contribution < 1.29 is 14.6 Å². The number of epoxide rings is 1. The van der Waals surface area contributed by atoms with E-state index in [0.29, 0.717) is 0 Å². The Hall–Kier alpha value is -0.550. The molecule has 0 spiro atoms. The number of aliphatic hydroxyl groups excluding tert-OH is 1. The molecule has 2 saturated heterocycles. The van der Waals surface area contributed by atoms with Crippen LogP contribution in [-0.4, -0.2) is 35.0 Å². The molecule has 0 radical (unpaired) electrons. The predicted octanol–water partition coefficient (Wildman–Crippen LogP) is 1.65.